The molecule has 1 aromatic heterocycles. The number of hydrogen-bond acceptors (Lipinski definition) is 4. The molecule has 1 N–H and O–H groups in total. The Kier molecular flexibility index (Phi) is 7.02. The fraction of sp³-hybridized carbons (Fsp3) is 0.450. The molecular formula is C20H28N2O2S. The van der Waals surface area contributed by atoms with Gasteiger partial charge in [0, 0.05) is 16.3 Å². The molecule has 0 aliphatic heterocycles. The van der Waals surface area contributed by atoms with Crippen molar-refractivity contribution in [3.05, 3.63) is 51.2 Å². The summed E-state index contributed by atoms with van der Waals surface area (Å²) >= 11 is 1.66. The molecule has 0 saturated carbocycles. The van der Waals surface area contributed by atoms with Crippen LogP contribution < -0.4 is 10.1 Å². The lowest BCUT2D eigenvalue weighted by atomic mass is 10.0. The van der Waals surface area contributed by atoms with Gasteiger partial charge in [0.15, 0.2) is 0 Å². The molecule has 0 saturated heterocycles. The van der Waals surface area contributed by atoms with Crippen molar-refractivity contribution in [1.29, 1.82) is 0 Å². The number of carbonyl (C=O) groups is 1. The number of ether oxygens (including phenoxy) is 1. The number of nitrogens with zero attached hydrogens (tertiary/aromatic N) is 1. The lowest BCUT2D eigenvalue weighted by Crippen LogP contribution is -2.38. The van der Waals surface area contributed by atoms with Gasteiger partial charge < -0.3 is 10.1 Å². The zero-order valence-corrected chi connectivity index (χ0v) is 16.6. The van der Waals surface area contributed by atoms with E-state index in [0.29, 0.717) is 6.54 Å². The third kappa shape index (κ3) is 4.83. The summed E-state index contributed by atoms with van der Waals surface area (Å²) < 4.78 is 5.36. The summed E-state index contributed by atoms with van der Waals surface area (Å²) in [5.74, 6) is 0.840. The van der Waals surface area contributed by atoms with Gasteiger partial charge in [-0.2, -0.15) is 0 Å². The molecule has 0 radical (unpaired) electrons. The second kappa shape index (κ2) is 9.02. The Labute approximate surface area is 154 Å². The number of thiophene rings is 1. The van der Waals surface area contributed by atoms with Crippen LogP contribution in [0.25, 0.3) is 0 Å². The maximum atomic E-state index is 12.6. The van der Waals surface area contributed by atoms with Gasteiger partial charge in [0.1, 0.15) is 5.75 Å². The van der Waals surface area contributed by atoms with Gasteiger partial charge in [0.2, 0.25) is 0 Å². The average Bonchev–Trinajstić information content (AvgIpc) is 2.96. The molecule has 0 bridgehead atoms. The predicted octanol–water partition coefficient (Wildman–Crippen LogP) is 4.19. The van der Waals surface area contributed by atoms with Crippen molar-refractivity contribution in [2.24, 2.45) is 0 Å². The number of nitrogens with one attached hydrogen (secondary N) is 1. The molecule has 1 heterocycles. The van der Waals surface area contributed by atoms with Gasteiger partial charge in [-0.05, 0) is 50.7 Å². The fourth-order valence-corrected chi connectivity index (χ4v) is 4.03. The largest absolute Gasteiger partial charge is 0.497 e. The normalized spacial score (nSPS) is 12.2. The molecule has 0 spiro atoms. The average molecular weight is 361 g/mol. The molecule has 136 valence electrons. The van der Waals surface area contributed by atoms with Crippen LogP contribution in [0.2, 0.25) is 0 Å². The first-order chi connectivity index (χ1) is 12.0. The summed E-state index contributed by atoms with van der Waals surface area (Å²) in [6.07, 6.45) is 0. The summed E-state index contributed by atoms with van der Waals surface area (Å²) in [6, 6.07) is 10.2. The number of rotatable bonds is 8. The van der Waals surface area contributed by atoms with Crippen molar-refractivity contribution in [1.82, 2.24) is 10.2 Å². The van der Waals surface area contributed by atoms with Crippen LogP contribution in [-0.4, -0.2) is 37.6 Å². The highest BCUT2D eigenvalue weighted by Gasteiger charge is 2.20. The third-order valence-electron chi connectivity index (χ3n) is 4.47. The molecule has 0 aliphatic rings. The van der Waals surface area contributed by atoms with Crippen molar-refractivity contribution >= 4 is 17.2 Å². The van der Waals surface area contributed by atoms with Crippen molar-refractivity contribution in [3.8, 4) is 5.75 Å². The standard InChI is InChI=1S/C20H28N2O2S/c1-6-22(7-2)19(16-9-8-10-17(12-16)24-5)13-21-20(23)18-11-14(3)25-15(18)4/h8-12,19H,6-7,13H2,1-5H3,(H,21,23). The molecule has 0 aliphatic carbocycles. The molecule has 1 atom stereocenters. The highest BCUT2D eigenvalue weighted by Crippen LogP contribution is 2.25. The van der Waals surface area contributed by atoms with Crippen LogP contribution in [0, 0.1) is 13.8 Å². The molecule has 2 rings (SSSR count). The van der Waals surface area contributed by atoms with Gasteiger partial charge in [0.05, 0.1) is 18.7 Å². The first-order valence-corrected chi connectivity index (χ1v) is 9.55. The first-order valence-electron chi connectivity index (χ1n) is 8.73. The molecule has 5 heteroatoms. The lowest BCUT2D eigenvalue weighted by molar-refractivity contribution is 0.0935. The SMILES string of the molecule is CCN(CC)C(CNC(=O)c1cc(C)sc1C)c1cccc(OC)c1. The molecule has 1 amide bonds. The molecule has 1 unspecified atom stereocenters. The van der Waals surface area contributed by atoms with E-state index in [1.807, 2.05) is 32.0 Å². The van der Waals surface area contributed by atoms with E-state index in [4.69, 9.17) is 4.74 Å². The van der Waals surface area contributed by atoms with Crippen LogP contribution in [0.4, 0.5) is 0 Å². The minimum Gasteiger partial charge on any atom is -0.497 e. The molecule has 1 aromatic carbocycles. The molecule has 4 nitrogen and oxygen atoms in total. The number of aryl methyl sites for hydroxylation is 2. The van der Waals surface area contributed by atoms with Crippen molar-refractivity contribution < 1.29 is 9.53 Å². The topological polar surface area (TPSA) is 41.6 Å². The minimum atomic E-state index is 0.00176. The number of amides is 1. The van der Waals surface area contributed by atoms with Crippen LogP contribution in [0.3, 0.4) is 0 Å². The Balaban J connectivity index is 2.18. The number of hydrogen-bond donors (Lipinski definition) is 1. The zero-order valence-electron chi connectivity index (χ0n) is 15.8. The Morgan fingerprint density at radius 3 is 2.52 bits per heavy atom. The van der Waals surface area contributed by atoms with E-state index in [9.17, 15) is 4.79 Å². The van der Waals surface area contributed by atoms with Gasteiger partial charge >= 0.3 is 0 Å². The van der Waals surface area contributed by atoms with Gasteiger partial charge in [-0.15, -0.1) is 11.3 Å². The Hall–Kier alpha value is -1.85. The Morgan fingerprint density at radius 2 is 1.96 bits per heavy atom. The van der Waals surface area contributed by atoms with Crippen LogP contribution in [0.15, 0.2) is 30.3 Å². The van der Waals surface area contributed by atoms with E-state index in [-0.39, 0.29) is 11.9 Å². The second-order valence-corrected chi connectivity index (χ2v) is 7.51. The molecule has 0 fully saturated rings. The molecule has 25 heavy (non-hydrogen) atoms. The molecule has 2 aromatic rings. The number of carbonyl (C=O) groups excluding carboxylic acids is 1. The maximum Gasteiger partial charge on any atom is 0.252 e. The first kappa shape index (κ1) is 19.5. The van der Waals surface area contributed by atoms with Crippen LogP contribution in [0.5, 0.6) is 5.75 Å². The predicted molar refractivity (Wildman–Crippen MR) is 105 cm³/mol. The summed E-state index contributed by atoms with van der Waals surface area (Å²) in [4.78, 5) is 17.2. The van der Waals surface area contributed by atoms with E-state index >= 15 is 0 Å². The van der Waals surface area contributed by atoms with E-state index in [1.54, 1.807) is 18.4 Å². The fourth-order valence-electron chi connectivity index (χ4n) is 3.11. The molecular weight excluding hydrogens is 332 g/mol. The van der Waals surface area contributed by atoms with E-state index in [0.717, 1.165) is 39.7 Å². The van der Waals surface area contributed by atoms with E-state index in [1.165, 1.54) is 0 Å². The van der Waals surface area contributed by atoms with Crippen molar-refractivity contribution in [2.75, 3.05) is 26.7 Å². The van der Waals surface area contributed by atoms with Crippen molar-refractivity contribution in [3.63, 3.8) is 0 Å². The third-order valence-corrected chi connectivity index (χ3v) is 5.44. The van der Waals surface area contributed by atoms with Crippen LogP contribution in [0.1, 0.15) is 45.6 Å². The van der Waals surface area contributed by atoms with Crippen LogP contribution >= 0.6 is 11.3 Å². The van der Waals surface area contributed by atoms with E-state index < -0.39 is 0 Å². The Bertz CT molecular complexity index is 707. The van der Waals surface area contributed by atoms with Gasteiger partial charge in [-0.3, -0.25) is 9.69 Å². The van der Waals surface area contributed by atoms with Gasteiger partial charge in [-0.25, -0.2) is 0 Å². The number of likely N-dealkylation sites (N-methyl/N-ethyl adjacent to an activating group) is 1. The summed E-state index contributed by atoms with van der Waals surface area (Å²) in [6.45, 7) is 10.7. The zero-order chi connectivity index (χ0) is 18.4. The summed E-state index contributed by atoms with van der Waals surface area (Å²) in [5.41, 5.74) is 1.94. The van der Waals surface area contributed by atoms with Gasteiger partial charge in [0.25, 0.3) is 5.91 Å². The maximum absolute atomic E-state index is 12.6. The van der Waals surface area contributed by atoms with Crippen LogP contribution in [-0.2, 0) is 0 Å². The lowest BCUT2D eigenvalue weighted by Gasteiger charge is -2.30. The smallest absolute Gasteiger partial charge is 0.252 e. The number of methoxy groups -OCH3 is 1. The van der Waals surface area contributed by atoms with Gasteiger partial charge in [-0.1, -0.05) is 26.0 Å². The summed E-state index contributed by atoms with van der Waals surface area (Å²) in [7, 11) is 1.68. The summed E-state index contributed by atoms with van der Waals surface area (Å²) in [5, 5.41) is 3.12. The number of benzene rings is 1. The van der Waals surface area contributed by atoms with E-state index in [2.05, 4.69) is 36.2 Å². The Morgan fingerprint density at radius 1 is 1.24 bits per heavy atom. The minimum absolute atomic E-state index is 0.00176. The highest BCUT2D eigenvalue weighted by atomic mass is 32.1. The monoisotopic (exact) mass is 360 g/mol. The second-order valence-electron chi connectivity index (χ2n) is 6.05. The highest BCUT2D eigenvalue weighted by molar-refractivity contribution is 7.12. The quantitative estimate of drug-likeness (QED) is 0.767. The van der Waals surface area contributed by atoms with Crippen molar-refractivity contribution in [2.45, 2.75) is 33.7 Å².